The van der Waals surface area contributed by atoms with Crippen molar-refractivity contribution in [2.45, 2.75) is 25.7 Å². The Labute approximate surface area is 194 Å². The summed E-state index contributed by atoms with van der Waals surface area (Å²) in [7, 11) is -3.61. The fraction of sp³-hybridized carbons (Fsp3) is 0.280. The summed E-state index contributed by atoms with van der Waals surface area (Å²) in [6, 6.07) is 19.0. The van der Waals surface area contributed by atoms with E-state index in [-0.39, 0.29) is 16.4 Å². The Morgan fingerprint density at radius 1 is 0.818 bits per heavy atom. The molecule has 0 aliphatic heterocycles. The maximum atomic E-state index is 12.8. The summed E-state index contributed by atoms with van der Waals surface area (Å²) in [5.74, 6) is -1.04. The normalized spacial score (nSPS) is 11.5. The molecule has 0 saturated carbocycles. The molecular weight excluding hydrogens is 440 g/mol. The van der Waals surface area contributed by atoms with E-state index >= 15 is 0 Å². The summed E-state index contributed by atoms with van der Waals surface area (Å²) in [6.45, 7) is 6.10. The average molecular weight is 469 g/mol. The topological polar surface area (TPSA) is 84.0 Å². The van der Waals surface area contributed by atoms with Gasteiger partial charge in [0.15, 0.2) is 6.61 Å². The number of rotatable bonds is 9. The van der Waals surface area contributed by atoms with E-state index in [0.29, 0.717) is 19.6 Å². The van der Waals surface area contributed by atoms with Crippen molar-refractivity contribution in [3.63, 3.8) is 0 Å². The number of anilines is 1. The Hall–Kier alpha value is -3.23. The molecule has 3 rings (SSSR count). The van der Waals surface area contributed by atoms with E-state index in [9.17, 15) is 18.0 Å². The minimum atomic E-state index is -3.61. The van der Waals surface area contributed by atoms with E-state index in [2.05, 4.69) is 0 Å². The number of benzene rings is 3. The molecule has 0 bridgehead atoms. The zero-order valence-corrected chi connectivity index (χ0v) is 19.8. The summed E-state index contributed by atoms with van der Waals surface area (Å²) < 4.78 is 31.7. The van der Waals surface area contributed by atoms with Crippen molar-refractivity contribution in [2.24, 2.45) is 0 Å². The number of sulfonamides is 1. The van der Waals surface area contributed by atoms with Crippen molar-refractivity contribution in [1.82, 2.24) is 4.31 Å². The van der Waals surface area contributed by atoms with E-state index in [1.165, 1.54) is 28.6 Å². The second-order valence-electron chi connectivity index (χ2n) is 7.33. The lowest BCUT2D eigenvalue weighted by atomic mass is 10.1. The zero-order valence-electron chi connectivity index (χ0n) is 19.0. The molecule has 0 N–H and O–H groups in total. The molecule has 0 aliphatic carbocycles. The third kappa shape index (κ3) is 5.23. The smallest absolute Gasteiger partial charge is 0.338 e. The van der Waals surface area contributed by atoms with Crippen molar-refractivity contribution in [3.8, 4) is 0 Å². The number of hydrogen-bond donors (Lipinski definition) is 0. The van der Waals surface area contributed by atoms with Gasteiger partial charge in [0.05, 0.1) is 16.1 Å². The fourth-order valence-corrected chi connectivity index (χ4v) is 5.15. The number of likely N-dealkylation sites (N-methyl/N-ethyl adjacent to an activating group) is 1. The number of nitrogens with zero attached hydrogens (tertiary/aromatic N) is 2. The first-order valence-corrected chi connectivity index (χ1v) is 12.3. The van der Waals surface area contributed by atoms with Crippen LogP contribution in [0.5, 0.6) is 0 Å². The Bertz CT molecular complexity index is 1230. The molecule has 0 spiro atoms. The first-order chi connectivity index (χ1) is 15.8. The minimum Gasteiger partial charge on any atom is -0.452 e. The lowest BCUT2D eigenvalue weighted by Crippen LogP contribution is -2.34. The number of carbonyl (C=O) groups excluding carboxylic acids is 2. The highest BCUT2D eigenvalue weighted by molar-refractivity contribution is 7.89. The number of carbonyl (C=O) groups is 2. The van der Waals surface area contributed by atoms with Crippen molar-refractivity contribution in [1.29, 1.82) is 0 Å². The fourth-order valence-electron chi connectivity index (χ4n) is 3.69. The van der Waals surface area contributed by atoms with Gasteiger partial charge in [-0.3, -0.25) is 4.79 Å². The van der Waals surface area contributed by atoms with Crippen LogP contribution in [0.25, 0.3) is 10.8 Å². The van der Waals surface area contributed by atoms with Gasteiger partial charge >= 0.3 is 5.97 Å². The van der Waals surface area contributed by atoms with E-state index in [1.54, 1.807) is 18.7 Å². The molecule has 0 radical (unpaired) electrons. The highest BCUT2D eigenvalue weighted by Gasteiger charge is 2.22. The third-order valence-electron chi connectivity index (χ3n) is 5.43. The van der Waals surface area contributed by atoms with Gasteiger partial charge in [-0.15, -0.1) is 0 Å². The Morgan fingerprint density at radius 3 is 2.09 bits per heavy atom. The van der Waals surface area contributed by atoms with Gasteiger partial charge < -0.3 is 9.64 Å². The van der Waals surface area contributed by atoms with E-state index in [0.717, 1.165) is 16.5 Å². The number of amides is 1. The molecule has 3 aromatic carbocycles. The largest absolute Gasteiger partial charge is 0.452 e. The van der Waals surface area contributed by atoms with Crippen LogP contribution in [-0.4, -0.2) is 50.8 Å². The van der Waals surface area contributed by atoms with Crippen LogP contribution in [0.3, 0.4) is 0 Å². The van der Waals surface area contributed by atoms with Crippen molar-refractivity contribution in [2.75, 3.05) is 31.1 Å². The predicted octanol–water partition coefficient (Wildman–Crippen LogP) is 4.08. The van der Waals surface area contributed by atoms with Gasteiger partial charge in [0, 0.05) is 25.0 Å². The highest BCUT2D eigenvalue weighted by atomic mass is 32.2. The lowest BCUT2D eigenvalue weighted by molar-refractivity contribution is -0.121. The standard InChI is InChI=1S/C25H28N2O5S/c1-4-26(5-2)33(30,31)21-16-14-20(15-17-21)25(29)32-18-24(28)27(6-3)23-13-9-11-19-10-7-8-12-22(19)23/h7-17H,4-6,18H2,1-3H3. The van der Waals surface area contributed by atoms with E-state index in [4.69, 9.17) is 4.74 Å². The van der Waals surface area contributed by atoms with E-state index in [1.807, 2.05) is 49.4 Å². The van der Waals surface area contributed by atoms with Gasteiger partial charge in [-0.1, -0.05) is 50.2 Å². The monoisotopic (exact) mass is 468 g/mol. The third-order valence-corrected chi connectivity index (χ3v) is 7.50. The molecule has 174 valence electrons. The summed E-state index contributed by atoms with van der Waals surface area (Å²) in [5, 5.41) is 1.95. The van der Waals surface area contributed by atoms with Crippen LogP contribution in [0, 0.1) is 0 Å². The SMILES string of the molecule is CCN(C(=O)COC(=O)c1ccc(S(=O)(=O)N(CC)CC)cc1)c1cccc2ccccc12. The average Bonchev–Trinajstić information content (AvgIpc) is 2.84. The molecular formula is C25H28N2O5S. The maximum absolute atomic E-state index is 12.8. The van der Waals surface area contributed by atoms with Crippen LogP contribution in [0.2, 0.25) is 0 Å². The van der Waals surface area contributed by atoms with Crippen molar-refractivity contribution in [3.05, 3.63) is 72.3 Å². The zero-order chi connectivity index (χ0) is 24.0. The van der Waals surface area contributed by atoms with Gasteiger partial charge in [0.1, 0.15) is 0 Å². The summed E-state index contributed by atoms with van der Waals surface area (Å²) >= 11 is 0. The minimum absolute atomic E-state index is 0.104. The molecule has 0 fully saturated rings. The molecule has 1 amide bonds. The maximum Gasteiger partial charge on any atom is 0.338 e. The first kappa shape index (κ1) is 24.4. The molecule has 33 heavy (non-hydrogen) atoms. The van der Waals surface area contributed by atoms with Gasteiger partial charge in [-0.2, -0.15) is 4.31 Å². The second kappa shape index (κ2) is 10.6. The van der Waals surface area contributed by atoms with Crippen molar-refractivity contribution < 1.29 is 22.7 Å². The molecule has 0 atom stereocenters. The first-order valence-electron chi connectivity index (χ1n) is 10.9. The van der Waals surface area contributed by atoms with E-state index < -0.39 is 22.6 Å². The van der Waals surface area contributed by atoms with Crippen LogP contribution in [0.1, 0.15) is 31.1 Å². The Balaban J connectivity index is 1.70. The molecule has 0 aromatic heterocycles. The molecule has 0 saturated heterocycles. The number of esters is 1. The number of ether oxygens (including phenoxy) is 1. The van der Waals surface area contributed by atoms with Crippen LogP contribution in [0.15, 0.2) is 71.6 Å². The van der Waals surface area contributed by atoms with Crippen LogP contribution >= 0.6 is 0 Å². The molecule has 0 aliphatic rings. The second-order valence-corrected chi connectivity index (χ2v) is 9.26. The number of hydrogen-bond acceptors (Lipinski definition) is 5. The quantitative estimate of drug-likeness (QED) is 0.442. The summed E-state index contributed by atoms with van der Waals surface area (Å²) in [5.41, 5.74) is 0.928. The summed E-state index contributed by atoms with van der Waals surface area (Å²) in [4.78, 5) is 27.0. The molecule has 3 aromatic rings. The Kier molecular flexibility index (Phi) is 7.84. The number of fused-ring (bicyclic) bond motifs is 1. The molecule has 8 heteroatoms. The van der Waals surface area contributed by atoms with Crippen LogP contribution in [-0.2, 0) is 19.6 Å². The molecule has 0 heterocycles. The van der Waals surface area contributed by atoms with Gasteiger partial charge in [0.2, 0.25) is 10.0 Å². The van der Waals surface area contributed by atoms with Crippen LogP contribution in [0.4, 0.5) is 5.69 Å². The Morgan fingerprint density at radius 2 is 1.45 bits per heavy atom. The van der Waals surface area contributed by atoms with Gasteiger partial charge in [-0.05, 0) is 42.6 Å². The molecule has 7 nitrogen and oxygen atoms in total. The highest BCUT2D eigenvalue weighted by Crippen LogP contribution is 2.27. The van der Waals surface area contributed by atoms with Crippen LogP contribution < -0.4 is 4.90 Å². The lowest BCUT2D eigenvalue weighted by Gasteiger charge is -2.22. The summed E-state index contributed by atoms with van der Waals surface area (Å²) in [6.07, 6.45) is 0. The van der Waals surface area contributed by atoms with Gasteiger partial charge in [0.25, 0.3) is 5.91 Å². The molecule has 0 unspecified atom stereocenters. The van der Waals surface area contributed by atoms with Gasteiger partial charge in [-0.25, -0.2) is 13.2 Å². The predicted molar refractivity (Wildman–Crippen MR) is 129 cm³/mol. The van der Waals surface area contributed by atoms with Crippen molar-refractivity contribution >= 4 is 38.4 Å².